The van der Waals surface area contributed by atoms with Gasteiger partial charge in [-0.2, -0.15) is 0 Å². The van der Waals surface area contributed by atoms with Gasteiger partial charge in [0.2, 0.25) is 0 Å². The van der Waals surface area contributed by atoms with E-state index >= 15 is 0 Å². The van der Waals surface area contributed by atoms with Crippen molar-refractivity contribution < 1.29 is 4.79 Å². The summed E-state index contributed by atoms with van der Waals surface area (Å²) in [4.78, 5) is 19.9. The minimum absolute atomic E-state index is 0.120. The molecule has 0 saturated carbocycles. The van der Waals surface area contributed by atoms with E-state index in [1.807, 2.05) is 60.7 Å². The second kappa shape index (κ2) is 6.49. The monoisotopic (exact) mass is 344 g/mol. The van der Waals surface area contributed by atoms with Crippen molar-refractivity contribution in [2.24, 2.45) is 0 Å². The van der Waals surface area contributed by atoms with E-state index < -0.39 is 0 Å². The molecule has 0 radical (unpaired) electrons. The summed E-state index contributed by atoms with van der Waals surface area (Å²) in [5, 5.41) is 3.87. The molecule has 0 unspecified atom stereocenters. The Morgan fingerprint density at radius 2 is 1.72 bits per heavy atom. The predicted molar refractivity (Wildman–Crippen MR) is 104 cm³/mol. The summed E-state index contributed by atoms with van der Waals surface area (Å²) in [7, 11) is 0. The van der Waals surface area contributed by atoms with E-state index in [1.165, 1.54) is 4.88 Å². The molecular formula is C21H16N2OS. The van der Waals surface area contributed by atoms with Crippen LogP contribution in [0.3, 0.4) is 0 Å². The Morgan fingerprint density at radius 1 is 0.960 bits per heavy atom. The molecule has 4 rings (SSSR count). The summed E-state index contributed by atoms with van der Waals surface area (Å²) in [6, 6.07) is 21.4. The van der Waals surface area contributed by atoms with Crippen molar-refractivity contribution in [2.45, 2.75) is 6.92 Å². The number of aromatic nitrogens is 1. The van der Waals surface area contributed by atoms with Gasteiger partial charge in [0.25, 0.3) is 5.91 Å². The van der Waals surface area contributed by atoms with Crippen LogP contribution in [-0.4, -0.2) is 10.9 Å². The van der Waals surface area contributed by atoms with Crippen LogP contribution in [0, 0.1) is 6.92 Å². The fourth-order valence-corrected chi connectivity index (χ4v) is 3.75. The highest BCUT2D eigenvalue weighted by molar-refractivity contribution is 7.15. The zero-order valence-electron chi connectivity index (χ0n) is 13.7. The molecule has 2 heterocycles. The van der Waals surface area contributed by atoms with Gasteiger partial charge in [0.15, 0.2) is 0 Å². The van der Waals surface area contributed by atoms with Gasteiger partial charge in [0.1, 0.15) is 0 Å². The SMILES string of the molecule is Cc1ccc(-c2cnc3ccccc3c2C(=O)Nc2ccccc2)s1. The van der Waals surface area contributed by atoms with E-state index in [0.29, 0.717) is 5.56 Å². The lowest BCUT2D eigenvalue weighted by molar-refractivity contribution is 0.102. The summed E-state index contributed by atoms with van der Waals surface area (Å²) in [6.07, 6.45) is 1.80. The number of hydrogen-bond acceptors (Lipinski definition) is 3. The molecule has 0 aliphatic carbocycles. The molecule has 25 heavy (non-hydrogen) atoms. The number of thiophene rings is 1. The minimum Gasteiger partial charge on any atom is -0.322 e. The number of hydrogen-bond donors (Lipinski definition) is 1. The molecule has 122 valence electrons. The van der Waals surface area contributed by atoms with E-state index in [9.17, 15) is 4.79 Å². The van der Waals surface area contributed by atoms with Crippen molar-refractivity contribution in [3.8, 4) is 10.4 Å². The van der Waals surface area contributed by atoms with Gasteiger partial charge in [-0.05, 0) is 37.3 Å². The van der Waals surface area contributed by atoms with Gasteiger partial charge in [-0.1, -0.05) is 36.4 Å². The Kier molecular flexibility index (Phi) is 4.04. The van der Waals surface area contributed by atoms with Crippen molar-refractivity contribution >= 4 is 33.8 Å². The molecule has 0 saturated heterocycles. The number of pyridine rings is 1. The maximum Gasteiger partial charge on any atom is 0.257 e. The zero-order valence-corrected chi connectivity index (χ0v) is 14.5. The number of amides is 1. The van der Waals surface area contributed by atoms with Gasteiger partial charge in [-0.25, -0.2) is 0 Å². The largest absolute Gasteiger partial charge is 0.322 e. The molecule has 0 fully saturated rings. The highest BCUT2D eigenvalue weighted by Gasteiger charge is 2.18. The van der Waals surface area contributed by atoms with Crippen LogP contribution in [-0.2, 0) is 0 Å². The molecule has 0 bridgehead atoms. The summed E-state index contributed by atoms with van der Waals surface area (Å²) < 4.78 is 0. The molecule has 0 aliphatic heterocycles. The van der Waals surface area contributed by atoms with E-state index in [-0.39, 0.29) is 5.91 Å². The van der Waals surface area contributed by atoms with Crippen LogP contribution < -0.4 is 5.32 Å². The number of para-hydroxylation sites is 2. The van der Waals surface area contributed by atoms with Crippen molar-refractivity contribution in [3.05, 3.63) is 83.4 Å². The van der Waals surface area contributed by atoms with Crippen LogP contribution in [0.25, 0.3) is 21.3 Å². The van der Waals surface area contributed by atoms with Crippen molar-refractivity contribution in [1.82, 2.24) is 4.98 Å². The molecule has 4 heteroatoms. The first-order chi connectivity index (χ1) is 12.2. The number of rotatable bonds is 3. The van der Waals surface area contributed by atoms with Gasteiger partial charge >= 0.3 is 0 Å². The number of carbonyl (C=O) groups is 1. The fraction of sp³-hybridized carbons (Fsp3) is 0.0476. The Balaban J connectivity index is 1.88. The average Bonchev–Trinajstić information content (AvgIpc) is 3.07. The number of nitrogens with zero attached hydrogens (tertiary/aromatic N) is 1. The summed E-state index contributed by atoms with van der Waals surface area (Å²) in [5.74, 6) is -0.120. The first kappa shape index (κ1) is 15.5. The smallest absolute Gasteiger partial charge is 0.257 e. The van der Waals surface area contributed by atoms with E-state index in [1.54, 1.807) is 17.5 Å². The zero-order chi connectivity index (χ0) is 17.2. The highest BCUT2D eigenvalue weighted by Crippen LogP contribution is 2.33. The van der Waals surface area contributed by atoms with Crippen molar-refractivity contribution in [3.63, 3.8) is 0 Å². The fourth-order valence-electron chi connectivity index (χ4n) is 2.87. The number of fused-ring (bicyclic) bond motifs is 1. The van der Waals surface area contributed by atoms with E-state index in [0.717, 1.165) is 27.0 Å². The lowest BCUT2D eigenvalue weighted by Gasteiger charge is -2.12. The molecule has 1 N–H and O–H groups in total. The maximum atomic E-state index is 13.1. The van der Waals surface area contributed by atoms with E-state index in [2.05, 4.69) is 23.3 Å². The quantitative estimate of drug-likeness (QED) is 0.531. The molecule has 2 aromatic carbocycles. The second-order valence-electron chi connectivity index (χ2n) is 5.79. The molecule has 1 amide bonds. The van der Waals surface area contributed by atoms with Crippen molar-refractivity contribution in [1.29, 1.82) is 0 Å². The number of aryl methyl sites for hydroxylation is 1. The van der Waals surface area contributed by atoms with Gasteiger partial charge in [0, 0.05) is 32.6 Å². The number of benzene rings is 2. The molecule has 4 aromatic rings. The maximum absolute atomic E-state index is 13.1. The topological polar surface area (TPSA) is 42.0 Å². The van der Waals surface area contributed by atoms with Crippen LogP contribution in [0.5, 0.6) is 0 Å². The van der Waals surface area contributed by atoms with Crippen LogP contribution >= 0.6 is 11.3 Å². The molecular weight excluding hydrogens is 328 g/mol. The molecule has 0 atom stereocenters. The molecule has 3 nitrogen and oxygen atoms in total. The lowest BCUT2D eigenvalue weighted by Crippen LogP contribution is -2.14. The standard InChI is InChI=1S/C21H16N2OS/c1-14-11-12-19(25-14)17-13-22-18-10-6-5-9-16(18)20(17)21(24)23-15-7-3-2-4-8-15/h2-13H,1H3,(H,23,24). The Bertz CT molecular complexity index is 1050. The normalized spacial score (nSPS) is 10.8. The summed E-state index contributed by atoms with van der Waals surface area (Å²) >= 11 is 1.67. The Hall–Kier alpha value is -2.98. The van der Waals surface area contributed by atoms with Gasteiger partial charge in [-0.3, -0.25) is 9.78 Å². The van der Waals surface area contributed by atoms with Crippen LogP contribution in [0.2, 0.25) is 0 Å². The first-order valence-corrected chi connectivity index (χ1v) is 8.85. The van der Waals surface area contributed by atoms with Gasteiger partial charge in [0.05, 0.1) is 11.1 Å². The van der Waals surface area contributed by atoms with Gasteiger partial charge in [-0.15, -0.1) is 11.3 Å². The minimum atomic E-state index is -0.120. The third kappa shape index (κ3) is 3.04. The van der Waals surface area contributed by atoms with E-state index in [4.69, 9.17) is 0 Å². The van der Waals surface area contributed by atoms with Crippen LogP contribution in [0.15, 0.2) is 72.9 Å². The van der Waals surface area contributed by atoms with Gasteiger partial charge < -0.3 is 5.32 Å². The molecule has 0 aliphatic rings. The molecule has 2 aromatic heterocycles. The Labute approximate surface area is 150 Å². The van der Waals surface area contributed by atoms with Crippen LogP contribution in [0.4, 0.5) is 5.69 Å². The lowest BCUT2D eigenvalue weighted by atomic mass is 10.0. The second-order valence-corrected chi connectivity index (χ2v) is 7.08. The number of carbonyl (C=O) groups excluding carboxylic acids is 1. The number of nitrogens with one attached hydrogen (secondary N) is 1. The van der Waals surface area contributed by atoms with Crippen molar-refractivity contribution in [2.75, 3.05) is 5.32 Å². The Morgan fingerprint density at radius 3 is 2.48 bits per heavy atom. The van der Waals surface area contributed by atoms with Crippen LogP contribution in [0.1, 0.15) is 15.2 Å². The summed E-state index contributed by atoms with van der Waals surface area (Å²) in [5.41, 5.74) is 3.13. The third-order valence-corrected chi connectivity index (χ3v) is 5.07. The summed E-state index contributed by atoms with van der Waals surface area (Å²) in [6.45, 7) is 2.06. The first-order valence-electron chi connectivity index (χ1n) is 8.03. The highest BCUT2D eigenvalue weighted by atomic mass is 32.1. The predicted octanol–water partition coefficient (Wildman–Crippen LogP) is 5.52. The average molecular weight is 344 g/mol. The number of anilines is 1. The molecule has 0 spiro atoms. The third-order valence-electron chi connectivity index (χ3n) is 4.04.